The second-order valence-corrected chi connectivity index (χ2v) is 10.4. The largest absolute Gasteiger partial charge is 0.480 e. The molecule has 1 atom stereocenters. The number of likely N-dealkylation sites (tertiary alicyclic amines) is 2. The minimum Gasteiger partial charge on any atom is -0.480 e. The molecule has 3 aliphatic rings. The lowest BCUT2D eigenvalue weighted by Crippen LogP contribution is -2.60. The average molecular weight is 607 g/mol. The number of benzene rings is 1. The molecule has 4 rings (SSSR count). The number of ether oxygens (including phenoxy) is 2. The molecule has 3 fully saturated rings. The standard InChI is InChI=1S/C24H26F9N3O5/c25-22(26,27)15-2-1-14(16(9-15)36-7-8-40-11-17(36)18(37)38)10-34-12-21(13-34)3-5-35(6-4-21)20(39)41-19(23(28,29)30)24(31,32)33/h1-2,9,17,19H,3-8,10-13H2,(H,37,38). The van der Waals surface area contributed by atoms with Gasteiger partial charge in [0.2, 0.25) is 0 Å². The number of alkyl halides is 9. The van der Waals surface area contributed by atoms with E-state index in [4.69, 9.17) is 4.74 Å². The first-order valence-electron chi connectivity index (χ1n) is 12.5. The fourth-order valence-electron chi connectivity index (χ4n) is 5.47. The van der Waals surface area contributed by atoms with Gasteiger partial charge in [0.1, 0.15) is 0 Å². The van der Waals surface area contributed by atoms with Gasteiger partial charge in [-0.3, -0.25) is 4.90 Å². The number of anilines is 1. The van der Waals surface area contributed by atoms with Gasteiger partial charge in [0.15, 0.2) is 6.04 Å². The molecule has 8 nitrogen and oxygen atoms in total. The zero-order valence-corrected chi connectivity index (χ0v) is 21.3. The number of hydrogen-bond donors (Lipinski definition) is 1. The summed E-state index contributed by atoms with van der Waals surface area (Å²) in [4.78, 5) is 27.8. The maximum absolute atomic E-state index is 13.5. The maximum Gasteiger partial charge on any atom is 0.434 e. The van der Waals surface area contributed by atoms with Crippen molar-refractivity contribution in [2.45, 2.75) is 50.1 Å². The first kappa shape index (κ1) is 31.0. The summed E-state index contributed by atoms with van der Waals surface area (Å²) in [6, 6.07) is 1.91. The van der Waals surface area contributed by atoms with Crippen LogP contribution in [0.25, 0.3) is 0 Å². The van der Waals surface area contributed by atoms with Crippen LogP contribution in [0.4, 0.5) is 50.0 Å². The Hall–Kier alpha value is -2.95. The van der Waals surface area contributed by atoms with Crippen molar-refractivity contribution in [3.8, 4) is 0 Å². The molecular formula is C24H26F9N3O5. The normalized spacial score (nSPS) is 22.1. The fraction of sp³-hybridized carbons (Fsp3) is 0.667. The lowest BCUT2D eigenvalue weighted by molar-refractivity contribution is -0.308. The number of hydrogen-bond acceptors (Lipinski definition) is 6. The summed E-state index contributed by atoms with van der Waals surface area (Å²) in [5.41, 5.74) is -0.770. The van der Waals surface area contributed by atoms with Crippen LogP contribution in [0.3, 0.4) is 0 Å². The summed E-state index contributed by atoms with van der Waals surface area (Å²) in [6.45, 7) is 0.712. The van der Waals surface area contributed by atoms with Crippen LogP contribution >= 0.6 is 0 Å². The van der Waals surface area contributed by atoms with E-state index < -0.39 is 53.7 Å². The van der Waals surface area contributed by atoms with Gasteiger partial charge >= 0.3 is 30.6 Å². The Bertz CT molecular complexity index is 1110. The van der Waals surface area contributed by atoms with Crippen molar-refractivity contribution in [1.29, 1.82) is 0 Å². The molecule has 0 aromatic heterocycles. The number of carbonyl (C=O) groups is 2. The molecule has 1 unspecified atom stereocenters. The molecule has 230 valence electrons. The van der Waals surface area contributed by atoms with Crippen LogP contribution in [-0.2, 0) is 27.0 Å². The summed E-state index contributed by atoms with van der Waals surface area (Å²) in [7, 11) is 0. The molecule has 0 bridgehead atoms. The molecule has 3 saturated heterocycles. The van der Waals surface area contributed by atoms with E-state index in [1.165, 1.54) is 11.0 Å². The van der Waals surface area contributed by atoms with Crippen molar-refractivity contribution in [2.75, 3.05) is 50.8 Å². The highest BCUT2D eigenvalue weighted by Gasteiger charge is 2.60. The smallest absolute Gasteiger partial charge is 0.434 e. The molecule has 0 saturated carbocycles. The molecule has 0 aliphatic carbocycles. The number of carboxylic acid groups (broad SMARTS) is 1. The van der Waals surface area contributed by atoms with E-state index in [0.29, 0.717) is 18.7 Å². The van der Waals surface area contributed by atoms with Crippen LogP contribution in [-0.4, -0.2) is 97.4 Å². The van der Waals surface area contributed by atoms with Crippen LogP contribution in [0.15, 0.2) is 18.2 Å². The highest BCUT2D eigenvalue weighted by atomic mass is 19.4. The van der Waals surface area contributed by atoms with Gasteiger partial charge in [0.05, 0.1) is 18.8 Å². The summed E-state index contributed by atoms with van der Waals surface area (Å²) in [5, 5.41) is 9.58. The number of halogens is 9. The van der Waals surface area contributed by atoms with Crippen molar-refractivity contribution in [3.63, 3.8) is 0 Å². The third kappa shape index (κ3) is 6.93. The minimum absolute atomic E-state index is 0.0602. The maximum atomic E-state index is 13.5. The Morgan fingerprint density at radius 1 is 1.00 bits per heavy atom. The second-order valence-electron chi connectivity index (χ2n) is 10.4. The number of morpholine rings is 1. The number of rotatable bonds is 5. The quantitative estimate of drug-likeness (QED) is 0.493. The molecule has 41 heavy (non-hydrogen) atoms. The first-order valence-corrected chi connectivity index (χ1v) is 12.5. The van der Waals surface area contributed by atoms with Gasteiger partial charge in [-0.25, -0.2) is 9.59 Å². The van der Waals surface area contributed by atoms with Gasteiger partial charge in [0, 0.05) is 45.0 Å². The monoisotopic (exact) mass is 607 g/mol. The molecule has 1 aromatic carbocycles. The van der Waals surface area contributed by atoms with Gasteiger partial charge in [-0.15, -0.1) is 0 Å². The van der Waals surface area contributed by atoms with E-state index >= 15 is 0 Å². The Balaban J connectivity index is 1.40. The Morgan fingerprint density at radius 2 is 1.61 bits per heavy atom. The lowest BCUT2D eigenvalue weighted by atomic mass is 9.72. The predicted molar refractivity (Wildman–Crippen MR) is 122 cm³/mol. The van der Waals surface area contributed by atoms with Crippen LogP contribution in [0.1, 0.15) is 24.0 Å². The summed E-state index contributed by atoms with van der Waals surface area (Å²) in [5.74, 6) is -1.25. The van der Waals surface area contributed by atoms with E-state index in [0.717, 1.165) is 17.0 Å². The topological polar surface area (TPSA) is 82.6 Å². The number of carboxylic acids is 1. The van der Waals surface area contributed by atoms with Crippen molar-refractivity contribution in [1.82, 2.24) is 9.80 Å². The highest BCUT2D eigenvalue weighted by Crippen LogP contribution is 2.43. The Kier molecular flexibility index (Phi) is 8.34. The highest BCUT2D eigenvalue weighted by molar-refractivity contribution is 5.79. The number of piperidine rings is 1. The zero-order valence-electron chi connectivity index (χ0n) is 21.3. The van der Waals surface area contributed by atoms with Crippen LogP contribution in [0.2, 0.25) is 0 Å². The van der Waals surface area contributed by atoms with Gasteiger partial charge in [-0.1, -0.05) is 6.07 Å². The summed E-state index contributed by atoms with van der Waals surface area (Å²) < 4.78 is 126. The molecule has 0 radical (unpaired) electrons. The van der Waals surface area contributed by atoms with Gasteiger partial charge < -0.3 is 24.4 Å². The third-order valence-electron chi connectivity index (χ3n) is 7.54. The number of aliphatic carboxylic acids is 1. The van der Waals surface area contributed by atoms with E-state index in [9.17, 15) is 54.2 Å². The SMILES string of the molecule is O=C(O)C1COCCN1c1cc(C(F)(F)F)ccc1CN1CC2(CCN(C(=O)OC(C(F)(F)F)C(F)(F)F)CC2)C1. The molecule has 1 spiro atoms. The van der Waals surface area contributed by atoms with Crippen LogP contribution in [0, 0.1) is 5.41 Å². The Labute approximate surface area is 227 Å². The van der Waals surface area contributed by atoms with Crippen molar-refractivity contribution >= 4 is 17.7 Å². The van der Waals surface area contributed by atoms with E-state index in [1.54, 1.807) is 0 Å². The molecule has 1 amide bonds. The predicted octanol–water partition coefficient (Wildman–Crippen LogP) is 4.52. The van der Waals surface area contributed by atoms with E-state index in [2.05, 4.69) is 4.74 Å². The van der Waals surface area contributed by atoms with Crippen LogP contribution < -0.4 is 4.90 Å². The molecule has 17 heteroatoms. The van der Waals surface area contributed by atoms with E-state index in [-0.39, 0.29) is 57.9 Å². The van der Waals surface area contributed by atoms with Crippen molar-refractivity contribution < 1.29 is 63.7 Å². The van der Waals surface area contributed by atoms with Crippen molar-refractivity contribution in [3.05, 3.63) is 29.3 Å². The summed E-state index contributed by atoms with van der Waals surface area (Å²) >= 11 is 0. The van der Waals surface area contributed by atoms with Gasteiger partial charge in [-0.2, -0.15) is 39.5 Å². The number of nitrogens with zero attached hydrogens (tertiary/aromatic N) is 3. The average Bonchev–Trinajstić information content (AvgIpc) is 2.84. The van der Waals surface area contributed by atoms with Crippen LogP contribution in [0.5, 0.6) is 0 Å². The molecular weight excluding hydrogens is 581 g/mol. The minimum atomic E-state index is -5.82. The second kappa shape index (κ2) is 11.0. The van der Waals surface area contributed by atoms with E-state index in [1.807, 2.05) is 4.90 Å². The molecule has 3 heterocycles. The molecule has 3 aliphatic heterocycles. The number of carbonyl (C=O) groups excluding carboxylic acids is 1. The molecule has 1 N–H and O–H groups in total. The first-order chi connectivity index (χ1) is 18.9. The van der Waals surface area contributed by atoms with Gasteiger partial charge in [-0.05, 0) is 36.0 Å². The van der Waals surface area contributed by atoms with Gasteiger partial charge in [0.25, 0.3) is 6.10 Å². The fourth-order valence-corrected chi connectivity index (χ4v) is 5.47. The third-order valence-corrected chi connectivity index (χ3v) is 7.54. The summed E-state index contributed by atoms with van der Waals surface area (Å²) in [6.07, 6.45) is -21.7. The zero-order chi connectivity index (χ0) is 30.4. The molecule has 1 aromatic rings. The van der Waals surface area contributed by atoms with Crippen molar-refractivity contribution in [2.24, 2.45) is 5.41 Å². The Morgan fingerprint density at radius 3 is 2.15 bits per heavy atom. The number of amides is 1. The lowest BCUT2D eigenvalue weighted by Gasteiger charge is -2.54.